The van der Waals surface area contributed by atoms with Crippen molar-refractivity contribution >= 4 is 23.5 Å². The number of aromatic nitrogens is 3. The molecule has 3 heterocycles. The van der Waals surface area contributed by atoms with Crippen LogP contribution in [0.2, 0.25) is 0 Å². The normalized spacial score (nSPS) is 15.0. The fourth-order valence-corrected chi connectivity index (χ4v) is 3.05. The third-order valence-electron chi connectivity index (χ3n) is 4.17. The number of hydrogen-bond donors (Lipinski definition) is 2. The molecule has 1 saturated heterocycles. The molecule has 1 aliphatic heterocycles. The largest absolute Gasteiger partial charge is 0.465 e. The van der Waals surface area contributed by atoms with Crippen molar-refractivity contribution in [1.29, 1.82) is 0 Å². The Morgan fingerprint density at radius 2 is 2.04 bits per heavy atom. The third kappa shape index (κ3) is 3.19. The Labute approximate surface area is 138 Å². The molecule has 1 fully saturated rings. The number of hydrogen-bond acceptors (Lipinski definition) is 6. The van der Waals surface area contributed by atoms with Crippen molar-refractivity contribution in [3.05, 3.63) is 16.1 Å². The fraction of sp³-hybridized carbons (Fsp3) is 0.600. The second-order valence-corrected chi connectivity index (χ2v) is 5.91. The standard InChI is InChI=1S/C15H21N5O4/c1-2-3-7-10-11(19-8-5-4-6-9-19)16-13-18-15(23)24-20(13)12(10)17-14(21)22/h17H,2-9H2,1H3,(H,21,22). The van der Waals surface area contributed by atoms with Gasteiger partial charge in [-0.3, -0.25) is 5.32 Å². The van der Waals surface area contributed by atoms with Gasteiger partial charge in [-0.15, -0.1) is 9.56 Å². The Hall–Kier alpha value is -2.58. The van der Waals surface area contributed by atoms with Crippen LogP contribution in [0.4, 0.5) is 16.4 Å². The van der Waals surface area contributed by atoms with Crippen molar-refractivity contribution in [1.82, 2.24) is 14.5 Å². The smallest absolute Gasteiger partial charge is 0.461 e. The predicted octanol–water partition coefficient (Wildman–Crippen LogP) is 2.11. The first-order valence-corrected chi connectivity index (χ1v) is 8.28. The van der Waals surface area contributed by atoms with Crippen LogP contribution in [0.3, 0.4) is 0 Å². The molecule has 2 aromatic heterocycles. The van der Waals surface area contributed by atoms with Gasteiger partial charge in [-0.25, -0.2) is 9.59 Å². The molecule has 9 nitrogen and oxygen atoms in total. The van der Waals surface area contributed by atoms with Crippen LogP contribution >= 0.6 is 0 Å². The first-order chi connectivity index (χ1) is 11.6. The van der Waals surface area contributed by atoms with Crippen LogP contribution in [0.25, 0.3) is 5.78 Å². The van der Waals surface area contributed by atoms with Gasteiger partial charge in [-0.1, -0.05) is 13.3 Å². The van der Waals surface area contributed by atoms with E-state index in [-0.39, 0.29) is 11.6 Å². The maximum Gasteiger partial charge on any atom is 0.461 e. The number of anilines is 2. The molecule has 1 aliphatic rings. The van der Waals surface area contributed by atoms with E-state index in [1.165, 1.54) is 6.42 Å². The van der Waals surface area contributed by atoms with Crippen LogP contribution in [0.5, 0.6) is 0 Å². The van der Waals surface area contributed by atoms with E-state index in [0.29, 0.717) is 12.2 Å². The minimum atomic E-state index is -1.22. The molecule has 0 aliphatic carbocycles. The van der Waals surface area contributed by atoms with Gasteiger partial charge < -0.3 is 14.5 Å². The summed E-state index contributed by atoms with van der Waals surface area (Å²) in [5, 5.41) is 11.5. The van der Waals surface area contributed by atoms with Crippen LogP contribution < -0.4 is 16.0 Å². The summed E-state index contributed by atoms with van der Waals surface area (Å²) in [6.07, 6.45) is 4.55. The Morgan fingerprint density at radius 3 is 2.71 bits per heavy atom. The number of carbonyl (C=O) groups is 1. The Morgan fingerprint density at radius 1 is 1.29 bits per heavy atom. The summed E-state index contributed by atoms with van der Waals surface area (Å²) in [6, 6.07) is 0. The molecule has 1 amide bonds. The zero-order valence-electron chi connectivity index (χ0n) is 13.6. The van der Waals surface area contributed by atoms with Crippen molar-refractivity contribution in [2.45, 2.75) is 45.4 Å². The van der Waals surface area contributed by atoms with E-state index >= 15 is 0 Å². The SMILES string of the molecule is CCCCc1c(N2CCCCC2)nc2nc(=O)on2c1NC(=O)O. The minimum absolute atomic E-state index is 0.0737. The average Bonchev–Trinajstić information content (AvgIpc) is 2.94. The lowest BCUT2D eigenvalue weighted by molar-refractivity contribution is 0.209. The molecule has 0 saturated carbocycles. The molecule has 3 rings (SSSR count). The van der Waals surface area contributed by atoms with E-state index in [9.17, 15) is 14.7 Å². The van der Waals surface area contributed by atoms with E-state index in [1.54, 1.807) is 0 Å². The summed E-state index contributed by atoms with van der Waals surface area (Å²) in [5.74, 6) is 0.189. The maximum atomic E-state index is 11.5. The van der Waals surface area contributed by atoms with Gasteiger partial charge in [0.1, 0.15) is 5.82 Å². The van der Waals surface area contributed by atoms with Gasteiger partial charge in [0.15, 0.2) is 5.82 Å². The quantitative estimate of drug-likeness (QED) is 0.860. The number of nitrogens with zero attached hydrogens (tertiary/aromatic N) is 4. The highest BCUT2D eigenvalue weighted by molar-refractivity contribution is 5.84. The molecular weight excluding hydrogens is 314 g/mol. The second kappa shape index (κ2) is 6.90. The van der Waals surface area contributed by atoms with Gasteiger partial charge in [0.2, 0.25) is 0 Å². The molecule has 0 radical (unpaired) electrons. The number of carboxylic acid groups (broad SMARTS) is 1. The van der Waals surface area contributed by atoms with Crippen LogP contribution in [0.1, 0.15) is 44.6 Å². The van der Waals surface area contributed by atoms with Crippen LogP contribution in [0, 0.1) is 0 Å². The monoisotopic (exact) mass is 335 g/mol. The minimum Gasteiger partial charge on any atom is -0.465 e. The summed E-state index contributed by atoms with van der Waals surface area (Å²) in [5.41, 5.74) is 0.745. The molecule has 0 unspecified atom stereocenters. The lowest BCUT2D eigenvalue weighted by Crippen LogP contribution is -2.32. The molecule has 0 atom stereocenters. The molecule has 0 bridgehead atoms. The Bertz CT molecular complexity index is 791. The van der Waals surface area contributed by atoms with E-state index in [4.69, 9.17) is 4.52 Å². The third-order valence-corrected chi connectivity index (χ3v) is 4.17. The van der Waals surface area contributed by atoms with Gasteiger partial charge in [-0.2, -0.15) is 4.98 Å². The number of fused-ring (bicyclic) bond motifs is 1. The number of rotatable bonds is 5. The number of nitrogens with one attached hydrogen (secondary N) is 1. The highest BCUT2D eigenvalue weighted by Crippen LogP contribution is 2.30. The predicted molar refractivity (Wildman–Crippen MR) is 87.8 cm³/mol. The maximum absolute atomic E-state index is 11.5. The van der Waals surface area contributed by atoms with Gasteiger partial charge >= 0.3 is 11.8 Å². The van der Waals surface area contributed by atoms with E-state index in [2.05, 4.69) is 27.1 Å². The fourth-order valence-electron chi connectivity index (χ4n) is 3.05. The molecular formula is C15H21N5O4. The summed E-state index contributed by atoms with van der Waals surface area (Å²) in [7, 11) is 0. The van der Waals surface area contributed by atoms with E-state index < -0.39 is 11.8 Å². The molecule has 130 valence electrons. The van der Waals surface area contributed by atoms with Crippen molar-refractivity contribution < 1.29 is 14.4 Å². The number of amides is 1. The van der Waals surface area contributed by atoms with Gasteiger partial charge in [0.05, 0.1) is 0 Å². The van der Waals surface area contributed by atoms with Crippen LogP contribution in [0.15, 0.2) is 9.32 Å². The average molecular weight is 335 g/mol. The summed E-state index contributed by atoms with van der Waals surface area (Å²) in [6.45, 7) is 3.78. The summed E-state index contributed by atoms with van der Waals surface area (Å²) >= 11 is 0. The highest BCUT2D eigenvalue weighted by Gasteiger charge is 2.24. The van der Waals surface area contributed by atoms with E-state index in [1.807, 2.05) is 0 Å². The zero-order chi connectivity index (χ0) is 17.1. The second-order valence-electron chi connectivity index (χ2n) is 5.91. The van der Waals surface area contributed by atoms with Crippen molar-refractivity contribution in [3.63, 3.8) is 0 Å². The summed E-state index contributed by atoms with van der Waals surface area (Å²) < 4.78 is 6.08. The molecule has 24 heavy (non-hydrogen) atoms. The molecule has 2 N–H and O–H groups in total. The molecule has 0 aromatic carbocycles. The lowest BCUT2D eigenvalue weighted by Gasteiger charge is -2.30. The van der Waals surface area contributed by atoms with Crippen molar-refractivity contribution in [3.8, 4) is 0 Å². The van der Waals surface area contributed by atoms with E-state index in [0.717, 1.165) is 48.9 Å². The first-order valence-electron chi connectivity index (χ1n) is 8.28. The zero-order valence-corrected chi connectivity index (χ0v) is 13.6. The van der Waals surface area contributed by atoms with Crippen molar-refractivity contribution in [2.75, 3.05) is 23.3 Å². The Kier molecular flexibility index (Phi) is 4.68. The lowest BCUT2D eigenvalue weighted by atomic mass is 10.1. The molecule has 2 aromatic rings. The van der Waals surface area contributed by atoms with Gasteiger partial charge in [0, 0.05) is 18.7 Å². The van der Waals surface area contributed by atoms with Crippen molar-refractivity contribution in [2.24, 2.45) is 0 Å². The van der Waals surface area contributed by atoms with Crippen LogP contribution in [-0.4, -0.2) is 38.8 Å². The molecule has 0 spiro atoms. The van der Waals surface area contributed by atoms with Gasteiger partial charge in [-0.05, 0) is 32.1 Å². The first kappa shape index (κ1) is 16.3. The summed E-state index contributed by atoms with van der Waals surface area (Å²) in [4.78, 5) is 33.1. The number of piperidine rings is 1. The van der Waals surface area contributed by atoms with Crippen LogP contribution in [-0.2, 0) is 6.42 Å². The number of unbranched alkanes of at least 4 members (excludes halogenated alkanes) is 1. The van der Waals surface area contributed by atoms with Gasteiger partial charge in [0.25, 0.3) is 5.78 Å². The Balaban J connectivity index is 2.18. The topological polar surface area (TPSA) is 113 Å². The highest BCUT2D eigenvalue weighted by atomic mass is 16.5. The molecule has 9 heteroatoms.